The van der Waals surface area contributed by atoms with E-state index in [9.17, 15) is 13.9 Å². The van der Waals surface area contributed by atoms with Gasteiger partial charge in [-0.25, -0.2) is 8.78 Å². The Labute approximate surface area is 118 Å². The fraction of sp³-hybridized carbons (Fsp3) is 0.625. The summed E-state index contributed by atoms with van der Waals surface area (Å²) in [4.78, 5) is 0. The Balaban J connectivity index is 2.01. The van der Waals surface area contributed by atoms with Gasteiger partial charge in [0.05, 0.1) is 13.2 Å². The highest BCUT2D eigenvalue weighted by Crippen LogP contribution is 2.38. The number of methoxy groups -OCH3 is 1. The zero-order valence-electron chi connectivity index (χ0n) is 12.0. The van der Waals surface area contributed by atoms with Gasteiger partial charge in [0.2, 0.25) is 5.92 Å². The lowest BCUT2D eigenvalue weighted by Crippen LogP contribution is -2.32. The van der Waals surface area contributed by atoms with Gasteiger partial charge in [0.25, 0.3) is 0 Å². The summed E-state index contributed by atoms with van der Waals surface area (Å²) in [6.07, 6.45) is 0.437. The molecule has 0 heterocycles. The van der Waals surface area contributed by atoms with E-state index in [1.807, 2.05) is 25.1 Å². The monoisotopic (exact) mass is 284 g/mol. The van der Waals surface area contributed by atoms with Crippen LogP contribution in [0.25, 0.3) is 0 Å². The van der Waals surface area contributed by atoms with Crippen LogP contribution in [0, 0.1) is 12.8 Å². The normalized spacial score (nSPS) is 20.6. The van der Waals surface area contributed by atoms with Crippen LogP contribution in [0.5, 0.6) is 5.75 Å². The molecular weight excluding hydrogens is 262 g/mol. The second-order valence-electron chi connectivity index (χ2n) is 5.78. The van der Waals surface area contributed by atoms with E-state index in [4.69, 9.17) is 4.74 Å². The molecular formula is C16H22F2O2. The predicted octanol–water partition coefficient (Wildman–Crippen LogP) is 3.73. The first-order chi connectivity index (χ1) is 9.41. The fourth-order valence-corrected chi connectivity index (χ4v) is 2.91. The van der Waals surface area contributed by atoms with Crippen molar-refractivity contribution in [2.75, 3.05) is 7.11 Å². The average Bonchev–Trinajstić information content (AvgIpc) is 2.38. The van der Waals surface area contributed by atoms with E-state index in [0.717, 1.165) is 16.9 Å². The number of aliphatic hydroxyl groups excluding tert-OH is 1. The Morgan fingerprint density at radius 2 is 2.00 bits per heavy atom. The van der Waals surface area contributed by atoms with E-state index < -0.39 is 12.0 Å². The molecule has 0 aliphatic heterocycles. The maximum atomic E-state index is 13.1. The summed E-state index contributed by atoms with van der Waals surface area (Å²) in [7, 11) is 1.60. The molecule has 1 unspecified atom stereocenters. The molecule has 0 aromatic heterocycles. The quantitative estimate of drug-likeness (QED) is 0.913. The molecule has 0 saturated heterocycles. The zero-order valence-corrected chi connectivity index (χ0v) is 12.0. The smallest absolute Gasteiger partial charge is 0.248 e. The molecule has 1 aliphatic rings. The van der Waals surface area contributed by atoms with Crippen molar-refractivity contribution in [3.63, 3.8) is 0 Å². The van der Waals surface area contributed by atoms with Crippen LogP contribution in [0.15, 0.2) is 18.2 Å². The van der Waals surface area contributed by atoms with Crippen molar-refractivity contribution in [1.29, 1.82) is 0 Å². The maximum Gasteiger partial charge on any atom is 0.248 e. The van der Waals surface area contributed by atoms with Gasteiger partial charge < -0.3 is 9.84 Å². The lowest BCUT2D eigenvalue weighted by atomic mass is 9.81. The molecule has 2 rings (SSSR count). The fourth-order valence-electron chi connectivity index (χ4n) is 2.91. The molecule has 20 heavy (non-hydrogen) atoms. The maximum absolute atomic E-state index is 13.1. The number of hydrogen-bond donors (Lipinski definition) is 1. The van der Waals surface area contributed by atoms with Gasteiger partial charge >= 0.3 is 0 Å². The van der Waals surface area contributed by atoms with Crippen LogP contribution in [-0.2, 0) is 6.42 Å². The van der Waals surface area contributed by atoms with Crippen LogP contribution in [0.1, 0.15) is 36.8 Å². The van der Waals surface area contributed by atoms with Crippen LogP contribution in [0.4, 0.5) is 8.78 Å². The summed E-state index contributed by atoms with van der Waals surface area (Å²) < 4.78 is 31.6. The Morgan fingerprint density at radius 3 is 2.60 bits per heavy atom. The molecule has 1 N–H and O–H groups in total. The Morgan fingerprint density at radius 1 is 1.35 bits per heavy atom. The van der Waals surface area contributed by atoms with Crippen LogP contribution in [0.2, 0.25) is 0 Å². The summed E-state index contributed by atoms with van der Waals surface area (Å²) in [6, 6.07) is 5.82. The molecule has 1 atom stereocenters. The molecule has 1 fully saturated rings. The largest absolute Gasteiger partial charge is 0.496 e. The lowest BCUT2D eigenvalue weighted by Gasteiger charge is -2.31. The van der Waals surface area contributed by atoms with Gasteiger partial charge in [-0.15, -0.1) is 0 Å². The molecule has 112 valence electrons. The van der Waals surface area contributed by atoms with E-state index in [2.05, 4.69) is 0 Å². The van der Waals surface area contributed by atoms with Gasteiger partial charge in [-0.05, 0) is 37.3 Å². The van der Waals surface area contributed by atoms with Crippen molar-refractivity contribution in [2.24, 2.45) is 5.92 Å². The highest BCUT2D eigenvalue weighted by Gasteiger charge is 2.37. The molecule has 0 radical (unpaired) electrons. The molecule has 1 aromatic rings. The number of ether oxygens (including phenoxy) is 1. The first-order valence-corrected chi connectivity index (χ1v) is 7.11. The highest BCUT2D eigenvalue weighted by molar-refractivity contribution is 5.37. The van der Waals surface area contributed by atoms with Gasteiger partial charge in [0.1, 0.15) is 5.75 Å². The molecule has 1 aromatic carbocycles. The van der Waals surface area contributed by atoms with Gasteiger partial charge in [0, 0.05) is 19.3 Å². The van der Waals surface area contributed by atoms with Crippen LogP contribution in [-0.4, -0.2) is 24.2 Å². The van der Waals surface area contributed by atoms with Gasteiger partial charge in [-0.1, -0.05) is 17.7 Å². The Hall–Kier alpha value is -1.16. The topological polar surface area (TPSA) is 29.5 Å². The molecule has 0 bridgehead atoms. The standard InChI is InChI=1S/C16H22F2O2/c1-11-3-4-15(20-2)13(9-11)10-14(19)12-5-7-16(17,18)8-6-12/h3-4,9,12,14,19H,5-8,10H2,1-2H3. The second kappa shape index (κ2) is 6.08. The number of aliphatic hydroxyl groups is 1. The number of alkyl halides is 2. The molecule has 1 saturated carbocycles. The molecule has 0 amide bonds. The first-order valence-electron chi connectivity index (χ1n) is 7.11. The van der Waals surface area contributed by atoms with Crippen molar-refractivity contribution < 1.29 is 18.6 Å². The van der Waals surface area contributed by atoms with Crippen molar-refractivity contribution in [2.45, 2.75) is 51.1 Å². The van der Waals surface area contributed by atoms with E-state index in [1.54, 1.807) is 7.11 Å². The number of rotatable bonds is 4. The molecule has 0 spiro atoms. The van der Waals surface area contributed by atoms with Crippen molar-refractivity contribution in [3.05, 3.63) is 29.3 Å². The second-order valence-corrected chi connectivity index (χ2v) is 5.78. The summed E-state index contributed by atoms with van der Waals surface area (Å²) in [5, 5.41) is 10.3. The number of aryl methyl sites for hydroxylation is 1. The van der Waals surface area contributed by atoms with Crippen molar-refractivity contribution in [3.8, 4) is 5.75 Å². The Kier molecular flexibility index (Phi) is 4.63. The summed E-state index contributed by atoms with van der Waals surface area (Å²) in [5.74, 6) is -1.84. The summed E-state index contributed by atoms with van der Waals surface area (Å²) in [6.45, 7) is 1.98. The third-order valence-electron chi connectivity index (χ3n) is 4.17. The Bertz CT molecular complexity index is 450. The molecule has 4 heteroatoms. The lowest BCUT2D eigenvalue weighted by molar-refractivity contribution is -0.0619. The van der Waals surface area contributed by atoms with Crippen LogP contribution < -0.4 is 4.74 Å². The predicted molar refractivity (Wildman–Crippen MR) is 74.3 cm³/mol. The van der Waals surface area contributed by atoms with E-state index >= 15 is 0 Å². The van der Waals surface area contributed by atoms with Crippen LogP contribution in [0.3, 0.4) is 0 Å². The number of benzene rings is 1. The minimum absolute atomic E-state index is 0.0418. The number of hydrogen-bond acceptors (Lipinski definition) is 2. The third-order valence-corrected chi connectivity index (χ3v) is 4.17. The SMILES string of the molecule is COc1ccc(C)cc1CC(O)C1CCC(F)(F)CC1. The van der Waals surface area contributed by atoms with Crippen molar-refractivity contribution >= 4 is 0 Å². The van der Waals surface area contributed by atoms with Gasteiger partial charge in [-0.2, -0.15) is 0 Å². The van der Waals surface area contributed by atoms with E-state index in [-0.39, 0.29) is 18.8 Å². The first kappa shape index (κ1) is 15.2. The summed E-state index contributed by atoms with van der Waals surface area (Å²) >= 11 is 0. The minimum atomic E-state index is -2.54. The van der Waals surface area contributed by atoms with Crippen LogP contribution >= 0.6 is 0 Å². The van der Waals surface area contributed by atoms with Gasteiger partial charge in [0.15, 0.2) is 0 Å². The average molecular weight is 284 g/mol. The third kappa shape index (κ3) is 3.69. The number of halogens is 2. The summed E-state index contributed by atoms with van der Waals surface area (Å²) in [5.41, 5.74) is 2.04. The zero-order chi connectivity index (χ0) is 14.8. The van der Waals surface area contributed by atoms with Crippen molar-refractivity contribution in [1.82, 2.24) is 0 Å². The van der Waals surface area contributed by atoms with E-state index in [1.165, 1.54) is 0 Å². The minimum Gasteiger partial charge on any atom is -0.496 e. The molecule has 1 aliphatic carbocycles. The molecule has 2 nitrogen and oxygen atoms in total. The van der Waals surface area contributed by atoms with E-state index in [0.29, 0.717) is 19.3 Å². The van der Waals surface area contributed by atoms with Gasteiger partial charge in [-0.3, -0.25) is 0 Å². The highest BCUT2D eigenvalue weighted by atomic mass is 19.3.